The molecule has 4 rings (SSSR count). The van der Waals surface area contributed by atoms with E-state index in [4.69, 9.17) is 27.9 Å². The van der Waals surface area contributed by atoms with Crippen molar-refractivity contribution < 1.29 is 9.53 Å². The molecule has 27 heavy (non-hydrogen) atoms. The van der Waals surface area contributed by atoms with Crippen LogP contribution in [0.2, 0.25) is 10.0 Å². The van der Waals surface area contributed by atoms with Gasteiger partial charge in [0.1, 0.15) is 11.5 Å². The Kier molecular flexibility index (Phi) is 5.06. The zero-order valence-corrected chi connectivity index (χ0v) is 16.0. The second-order valence-corrected chi connectivity index (χ2v) is 7.21. The number of ether oxygens (including phenoxy) is 1. The van der Waals surface area contributed by atoms with Crippen molar-refractivity contribution in [3.05, 3.63) is 87.9 Å². The van der Waals surface area contributed by atoms with Crippen molar-refractivity contribution in [2.24, 2.45) is 0 Å². The van der Waals surface area contributed by atoms with Crippen LogP contribution in [0.15, 0.2) is 66.7 Å². The Labute approximate surface area is 168 Å². The third kappa shape index (κ3) is 3.66. The summed E-state index contributed by atoms with van der Waals surface area (Å²) >= 11 is 12.3. The maximum atomic E-state index is 13.3. The van der Waals surface area contributed by atoms with E-state index >= 15 is 0 Å². The van der Waals surface area contributed by atoms with Gasteiger partial charge >= 0.3 is 0 Å². The molecular formula is C22H17Cl2NO2. The van der Waals surface area contributed by atoms with Crippen LogP contribution >= 0.6 is 23.2 Å². The predicted octanol–water partition coefficient (Wildman–Crippen LogP) is 6.38. The first-order valence-corrected chi connectivity index (χ1v) is 9.51. The molecule has 0 N–H and O–H groups in total. The van der Waals surface area contributed by atoms with Crippen LogP contribution < -0.4 is 9.64 Å². The number of amides is 1. The van der Waals surface area contributed by atoms with Crippen LogP contribution in [0, 0.1) is 0 Å². The lowest BCUT2D eigenvalue weighted by Crippen LogP contribution is -2.35. The fourth-order valence-electron chi connectivity index (χ4n) is 3.30. The Bertz CT molecular complexity index is 1000. The molecule has 3 nitrogen and oxygen atoms in total. The number of halogens is 2. The number of hydrogen-bond donors (Lipinski definition) is 0. The summed E-state index contributed by atoms with van der Waals surface area (Å²) < 4.78 is 5.96. The number of nitrogens with zero attached hydrogens (tertiary/aromatic N) is 1. The Hall–Kier alpha value is -2.49. The van der Waals surface area contributed by atoms with E-state index in [0.29, 0.717) is 33.7 Å². The molecule has 0 fully saturated rings. The van der Waals surface area contributed by atoms with Gasteiger partial charge in [0, 0.05) is 23.3 Å². The number of aryl methyl sites for hydroxylation is 1. The molecule has 3 aromatic rings. The first-order chi connectivity index (χ1) is 13.1. The number of benzene rings is 3. The second-order valence-electron chi connectivity index (χ2n) is 6.36. The maximum absolute atomic E-state index is 13.3. The number of carbonyl (C=O) groups excluding carboxylic acids is 1. The Morgan fingerprint density at radius 2 is 1.70 bits per heavy atom. The van der Waals surface area contributed by atoms with Crippen LogP contribution in [0.5, 0.6) is 11.5 Å². The Morgan fingerprint density at radius 3 is 2.59 bits per heavy atom. The van der Waals surface area contributed by atoms with E-state index in [1.54, 1.807) is 30.3 Å². The second kappa shape index (κ2) is 7.63. The molecule has 0 aliphatic carbocycles. The van der Waals surface area contributed by atoms with Crippen molar-refractivity contribution in [2.75, 3.05) is 11.4 Å². The van der Waals surface area contributed by atoms with Gasteiger partial charge in [0.15, 0.2) is 0 Å². The van der Waals surface area contributed by atoms with Crippen LogP contribution in [-0.2, 0) is 6.42 Å². The van der Waals surface area contributed by atoms with Crippen LogP contribution in [0.1, 0.15) is 22.3 Å². The summed E-state index contributed by atoms with van der Waals surface area (Å²) in [6, 6.07) is 20.2. The number of rotatable bonds is 3. The average molecular weight is 398 g/mol. The van der Waals surface area contributed by atoms with Gasteiger partial charge in [-0.25, -0.2) is 0 Å². The van der Waals surface area contributed by atoms with E-state index in [1.807, 2.05) is 35.2 Å². The van der Waals surface area contributed by atoms with E-state index < -0.39 is 0 Å². The third-order valence-electron chi connectivity index (χ3n) is 4.59. The van der Waals surface area contributed by atoms with Gasteiger partial charge in [0.2, 0.25) is 0 Å². The van der Waals surface area contributed by atoms with Gasteiger partial charge in [0.05, 0.1) is 10.6 Å². The number of hydrogen-bond acceptors (Lipinski definition) is 2. The van der Waals surface area contributed by atoms with E-state index in [2.05, 4.69) is 6.07 Å². The van der Waals surface area contributed by atoms with E-state index in [1.165, 1.54) is 5.56 Å². The smallest absolute Gasteiger partial charge is 0.262 e. The highest BCUT2D eigenvalue weighted by molar-refractivity contribution is 6.34. The molecule has 0 saturated heterocycles. The monoisotopic (exact) mass is 397 g/mol. The lowest BCUT2D eigenvalue weighted by molar-refractivity contribution is 0.0983. The lowest BCUT2D eigenvalue weighted by Gasteiger charge is -2.30. The highest BCUT2D eigenvalue weighted by atomic mass is 35.5. The number of carbonyl (C=O) groups is 1. The van der Waals surface area contributed by atoms with Crippen molar-refractivity contribution in [3.8, 4) is 11.5 Å². The van der Waals surface area contributed by atoms with Gasteiger partial charge in [-0.15, -0.1) is 0 Å². The zero-order chi connectivity index (χ0) is 18.8. The summed E-state index contributed by atoms with van der Waals surface area (Å²) in [5.74, 6) is 0.786. The van der Waals surface area contributed by atoms with Crippen LogP contribution in [0.25, 0.3) is 0 Å². The minimum absolute atomic E-state index is 0.0871. The summed E-state index contributed by atoms with van der Waals surface area (Å²) in [6.45, 7) is 0.683. The van der Waals surface area contributed by atoms with Gasteiger partial charge < -0.3 is 9.64 Å². The van der Waals surface area contributed by atoms with Gasteiger partial charge in [-0.1, -0.05) is 53.5 Å². The number of anilines is 1. The van der Waals surface area contributed by atoms with Crippen molar-refractivity contribution in [1.29, 1.82) is 0 Å². The lowest BCUT2D eigenvalue weighted by atomic mass is 10.0. The molecule has 0 aromatic heterocycles. The topological polar surface area (TPSA) is 29.5 Å². The molecule has 1 amide bonds. The molecule has 0 bridgehead atoms. The Morgan fingerprint density at radius 1 is 0.926 bits per heavy atom. The molecule has 3 aromatic carbocycles. The molecule has 1 aliphatic heterocycles. The van der Waals surface area contributed by atoms with Crippen LogP contribution in [-0.4, -0.2) is 12.5 Å². The quantitative estimate of drug-likeness (QED) is 0.513. The summed E-state index contributed by atoms with van der Waals surface area (Å²) in [6.07, 6.45) is 1.92. The normalized spacial score (nSPS) is 13.2. The van der Waals surface area contributed by atoms with Crippen molar-refractivity contribution in [1.82, 2.24) is 0 Å². The van der Waals surface area contributed by atoms with Gasteiger partial charge in [-0.2, -0.15) is 0 Å². The third-order valence-corrected chi connectivity index (χ3v) is 5.13. The van der Waals surface area contributed by atoms with E-state index in [9.17, 15) is 4.79 Å². The van der Waals surface area contributed by atoms with Crippen molar-refractivity contribution in [3.63, 3.8) is 0 Å². The fourth-order valence-corrected chi connectivity index (χ4v) is 3.61. The molecule has 1 heterocycles. The van der Waals surface area contributed by atoms with E-state index in [0.717, 1.165) is 18.5 Å². The first-order valence-electron chi connectivity index (χ1n) is 8.75. The summed E-state index contributed by atoms with van der Waals surface area (Å²) in [5.41, 5.74) is 2.64. The molecule has 0 atom stereocenters. The molecule has 0 spiro atoms. The van der Waals surface area contributed by atoms with Gasteiger partial charge in [-0.05, 0) is 48.7 Å². The average Bonchev–Trinajstić information content (AvgIpc) is 2.70. The molecular weight excluding hydrogens is 381 g/mol. The standard InChI is InChI=1S/C22H17Cl2NO2/c23-16-11-12-18(24)21(14-16)27-20-10-4-2-8-17(20)22(26)25-13-5-7-15-6-1-3-9-19(15)25/h1-4,6,8-12,14H,5,7,13H2. The highest BCUT2D eigenvalue weighted by Gasteiger charge is 2.25. The zero-order valence-electron chi connectivity index (χ0n) is 14.5. The largest absolute Gasteiger partial charge is 0.455 e. The first kappa shape index (κ1) is 17.9. The SMILES string of the molecule is O=C(c1ccccc1Oc1cc(Cl)ccc1Cl)N1CCCc2ccccc21. The van der Waals surface area contributed by atoms with Crippen molar-refractivity contribution in [2.45, 2.75) is 12.8 Å². The number of para-hydroxylation sites is 2. The highest BCUT2D eigenvalue weighted by Crippen LogP contribution is 2.35. The summed E-state index contributed by atoms with van der Waals surface area (Å²) in [7, 11) is 0. The maximum Gasteiger partial charge on any atom is 0.262 e. The Balaban J connectivity index is 1.69. The predicted molar refractivity (Wildman–Crippen MR) is 109 cm³/mol. The minimum Gasteiger partial charge on any atom is -0.455 e. The van der Waals surface area contributed by atoms with Gasteiger partial charge in [0.25, 0.3) is 5.91 Å². The van der Waals surface area contributed by atoms with Crippen molar-refractivity contribution >= 4 is 34.8 Å². The van der Waals surface area contributed by atoms with Crippen LogP contribution in [0.4, 0.5) is 5.69 Å². The molecule has 0 saturated carbocycles. The molecule has 5 heteroatoms. The summed E-state index contributed by atoms with van der Waals surface area (Å²) in [4.78, 5) is 15.1. The number of fused-ring (bicyclic) bond motifs is 1. The van der Waals surface area contributed by atoms with Crippen LogP contribution in [0.3, 0.4) is 0 Å². The molecule has 136 valence electrons. The van der Waals surface area contributed by atoms with E-state index in [-0.39, 0.29) is 5.91 Å². The fraction of sp³-hybridized carbons (Fsp3) is 0.136. The molecule has 0 unspecified atom stereocenters. The molecule has 0 radical (unpaired) electrons. The molecule has 1 aliphatic rings. The minimum atomic E-state index is -0.0871. The summed E-state index contributed by atoms with van der Waals surface area (Å²) in [5, 5.41) is 0.952. The van der Waals surface area contributed by atoms with Gasteiger partial charge in [-0.3, -0.25) is 4.79 Å².